The summed E-state index contributed by atoms with van der Waals surface area (Å²) < 4.78 is 0. The van der Waals surface area contributed by atoms with Gasteiger partial charge in [0.15, 0.2) is 0 Å². The number of phenols is 1. The second kappa shape index (κ2) is 9.33. The molecule has 2 rings (SSSR count). The van der Waals surface area contributed by atoms with Crippen molar-refractivity contribution in [3.8, 4) is 5.75 Å². The number of carboxylic acid groups (broad SMARTS) is 1. The van der Waals surface area contributed by atoms with Crippen LogP contribution >= 0.6 is 0 Å². The minimum Gasteiger partial charge on any atom is -0.507 e. The summed E-state index contributed by atoms with van der Waals surface area (Å²) in [5, 5.41) is 17.3. The van der Waals surface area contributed by atoms with Gasteiger partial charge in [0, 0.05) is 0 Å². The Kier molecular flexibility index (Phi) is 8.53. The number of hydrogen-bond donors (Lipinski definition) is 2. The number of carboxylic acids is 1. The van der Waals surface area contributed by atoms with E-state index in [1.807, 2.05) is 6.07 Å². The maximum Gasteiger partial charge on any atom is 1.00 e. The SMILES string of the molecule is O=C(O)c1ccccc1O.O=[C-]c1ccccc1.[Na+]. The quantitative estimate of drug-likeness (QED) is 0.553. The third kappa shape index (κ3) is 6.20. The Balaban J connectivity index is 0.000000331. The van der Waals surface area contributed by atoms with Crippen LogP contribution in [0.15, 0.2) is 54.6 Å². The zero-order valence-corrected chi connectivity index (χ0v) is 12.4. The van der Waals surface area contributed by atoms with Gasteiger partial charge in [0.25, 0.3) is 0 Å². The van der Waals surface area contributed by atoms with Gasteiger partial charge in [0.05, 0.1) is 6.29 Å². The third-order valence-corrected chi connectivity index (χ3v) is 2.03. The van der Waals surface area contributed by atoms with E-state index in [1.54, 1.807) is 42.7 Å². The first-order valence-electron chi connectivity index (χ1n) is 5.09. The molecule has 4 nitrogen and oxygen atoms in total. The fourth-order valence-corrected chi connectivity index (χ4v) is 1.16. The molecule has 92 valence electrons. The minimum absolute atomic E-state index is 0. The summed E-state index contributed by atoms with van der Waals surface area (Å²) >= 11 is 0. The fraction of sp³-hybridized carbons (Fsp3) is 0. The van der Waals surface area contributed by atoms with Crippen molar-refractivity contribution in [2.24, 2.45) is 0 Å². The van der Waals surface area contributed by atoms with Crippen molar-refractivity contribution in [1.29, 1.82) is 0 Å². The second-order valence-electron chi connectivity index (χ2n) is 3.29. The summed E-state index contributed by atoms with van der Waals surface area (Å²) in [7, 11) is 0. The predicted octanol–water partition coefficient (Wildman–Crippen LogP) is -0.761. The van der Waals surface area contributed by atoms with Gasteiger partial charge >= 0.3 is 35.5 Å². The fourth-order valence-electron chi connectivity index (χ4n) is 1.16. The van der Waals surface area contributed by atoms with Crippen molar-refractivity contribution in [2.75, 3.05) is 0 Å². The van der Waals surface area contributed by atoms with Gasteiger partial charge in [0.2, 0.25) is 0 Å². The van der Waals surface area contributed by atoms with Crippen molar-refractivity contribution in [3.05, 3.63) is 65.7 Å². The molecule has 5 heteroatoms. The smallest absolute Gasteiger partial charge is 0.507 e. The van der Waals surface area contributed by atoms with Crippen molar-refractivity contribution < 1.29 is 49.4 Å². The molecule has 0 heterocycles. The van der Waals surface area contributed by atoms with Gasteiger partial charge < -0.3 is 15.0 Å². The molecule has 0 aliphatic heterocycles. The Bertz CT molecular complexity index is 526. The van der Waals surface area contributed by atoms with E-state index in [0.29, 0.717) is 5.56 Å². The Morgan fingerprint density at radius 3 is 1.84 bits per heavy atom. The van der Waals surface area contributed by atoms with Crippen LogP contribution in [-0.4, -0.2) is 22.5 Å². The summed E-state index contributed by atoms with van der Waals surface area (Å²) in [5.74, 6) is -1.31. The van der Waals surface area contributed by atoms with Gasteiger partial charge in [-0.05, 0) is 12.1 Å². The molecule has 0 aliphatic rings. The number of benzene rings is 2. The zero-order chi connectivity index (χ0) is 13.4. The number of carbonyl (C=O) groups excluding carboxylic acids is 1. The molecule has 0 unspecified atom stereocenters. The maximum atomic E-state index is 10.3. The summed E-state index contributed by atoms with van der Waals surface area (Å²) in [6, 6.07) is 14.7. The van der Waals surface area contributed by atoms with Crippen molar-refractivity contribution in [1.82, 2.24) is 0 Å². The van der Waals surface area contributed by atoms with Crippen LogP contribution < -0.4 is 29.6 Å². The number of aromatic carboxylic acids is 1. The number of rotatable bonds is 2. The molecule has 2 aromatic carbocycles. The first-order chi connectivity index (χ1) is 8.65. The largest absolute Gasteiger partial charge is 1.00 e. The van der Waals surface area contributed by atoms with E-state index < -0.39 is 5.97 Å². The van der Waals surface area contributed by atoms with Gasteiger partial charge in [-0.2, -0.15) is 17.7 Å². The molecule has 0 bridgehead atoms. The van der Waals surface area contributed by atoms with Gasteiger partial charge in [-0.1, -0.05) is 18.2 Å². The minimum atomic E-state index is -1.11. The van der Waals surface area contributed by atoms with E-state index in [-0.39, 0.29) is 40.9 Å². The zero-order valence-electron chi connectivity index (χ0n) is 10.4. The van der Waals surface area contributed by atoms with Gasteiger partial charge in [-0.15, -0.1) is 12.1 Å². The third-order valence-electron chi connectivity index (χ3n) is 2.03. The first kappa shape index (κ1) is 17.4. The number of aromatic hydroxyl groups is 1. The molecule has 0 radical (unpaired) electrons. The summed E-state index contributed by atoms with van der Waals surface area (Å²) in [6.07, 6.45) is 1.78. The van der Waals surface area contributed by atoms with Crippen molar-refractivity contribution in [2.45, 2.75) is 0 Å². The molecule has 2 aromatic rings. The Morgan fingerprint density at radius 1 is 0.947 bits per heavy atom. The molecule has 0 fully saturated rings. The molecule has 0 aromatic heterocycles. The molecule has 19 heavy (non-hydrogen) atoms. The van der Waals surface area contributed by atoms with E-state index in [0.717, 1.165) is 0 Å². The molecule has 0 amide bonds. The number of carbonyl (C=O) groups is 1. The molecule has 2 N–H and O–H groups in total. The summed E-state index contributed by atoms with van der Waals surface area (Å²) in [6.45, 7) is 0. The molecular weight excluding hydrogens is 255 g/mol. The van der Waals surface area contributed by atoms with Crippen LogP contribution in [0.1, 0.15) is 15.9 Å². The predicted molar refractivity (Wildman–Crippen MR) is 66.3 cm³/mol. The molecule has 0 saturated carbocycles. The average Bonchev–Trinajstić information content (AvgIpc) is 2.40. The molecule has 0 spiro atoms. The second-order valence-corrected chi connectivity index (χ2v) is 3.29. The van der Waals surface area contributed by atoms with E-state index in [4.69, 9.17) is 10.2 Å². The molecule has 0 aliphatic carbocycles. The Labute approximate surface area is 133 Å². The van der Waals surface area contributed by atoms with Crippen LogP contribution in [0, 0.1) is 0 Å². The van der Waals surface area contributed by atoms with E-state index in [2.05, 4.69) is 0 Å². The van der Waals surface area contributed by atoms with Crippen LogP contribution in [0.2, 0.25) is 0 Å². The number of para-hydroxylation sites is 1. The molecule has 0 atom stereocenters. The van der Waals surface area contributed by atoms with Crippen LogP contribution in [-0.2, 0) is 4.79 Å². The van der Waals surface area contributed by atoms with Gasteiger partial charge in [0.1, 0.15) is 11.3 Å². The van der Waals surface area contributed by atoms with Crippen molar-refractivity contribution >= 4 is 12.3 Å². The number of hydrogen-bond acceptors (Lipinski definition) is 3. The monoisotopic (exact) mass is 266 g/mol. The topological polar surface area (TPSA) is 74.6 Å². The van der Waals surface area contributed by atoms with Crippen molar-refractivity contribution in [3.63, 3.8) is 0 Å². The van der Waals surface area contributed by atoms with E-state index in [1.165, 1.54) is 12.1 Å². The van der Waals surface area contributed by atoms with Crippen LogP contribution in [0.5, 0.6) is 5.75 Å². The molecule has 0 saturated heterocycles. The first-order valence-corrected chi connectivity index (χ1v) is 5.09. The van der Waals surface area contributed by atoms with Crippen LogP contribution in [0.3, 0.4) is 0 Å². The van der Waals surface area contributed by atoms with E-state index >= 15 is 0 Å². The summed E-state index contributed by atoms with van der Waals surface area (Å²) in [4.78, 5) is 20.1. The van der Waals surface area contributed by atoms with Crippen LogP contribution in [0.25, 0.3) is 0 Å². The summed E-state index contributed by atoms with van der Waals surface area (Å²) in [5.41, 5.74) is 0.537. The molecular formula is C14H11NaO4. The Morgan fingerprint density at radius 2 is 1.47 bits per heavy atom. The van der Waals surface area contributed by atoms with Crippen LogP contribution in [0.4, 0.5) is 0 Å². The van der Waals surface area contributed by atoms with E-state index in [9.17, 15) is 9.59 Å². The van der Waals surface area contributed by atoms with Gasteiger partial charge in [-0.3, -0.25) is 0 Å². The Hall–Kier alpha value is -1.62. The average molecular weight is 266 g/mol. The standard InChI is InChI=1S/C7H6O3.C7H5O.Na/c8-6-4-2-1-3-5(6)7(9)10;8-6-7-4-2-1-3-5-7;/h1-4,8H,(H,9,10);1-5H;/q;-1;+1. The normalized spacial score (nSPS) is 8.42. The van der Waals surface area contributed by atoms with Gasteiger partial charge in [-0.25, -0.2) is 4.79 Å². The maximum absolute atomic E-state index is 10.3.